The predicted octanol–water partition coefficient (Wildman–Crippen LogP) is 2.87. The van der Waals surface area contributed by atoms with E-state index < -0.39 is 12.0 Å². The fourth-order valence-corrected chi connectivity index (χ4v) is 2.08. The number of carboxylic acid groups (broad SMARTS) is 1. The maximum atomic E-state index is 11.0. The van der Waals surface area contributed by atoms with Gasteiger partial charge >= 0.3 is 5.97 Å². The minimum Gasteiger partial charge on any atom is -0.480 e. The summed E-state index contributed by atoms with van der Waals surface area (Å²) in [5.41, 5.74) is 0.778. The van der Waals surface area contributed by atoms with Crippen molar-refractivity contribution in [3.8, 4) is 11.5 Å². The summed E-state index contributed by atoms with van der Waals surface area (Å²) in [6.07, 6.45) is 0.584. The Balaban J connectivity index is 2.03. The molecule has 0 saturated heterocycles. The number of hydrogen-bond donors (Lipinski definition) is 2. The molecule has 22 heavy (non-hydrogen) atoms. The number of carbonyl (C=O) groups is 2. The molecule has 0 aliphatic heterocycles. The highest BCUT2D eigenvalue weighted by Gasteiger charge is 2.16. The number of ether oxygens (including phenoxy) is 1. The molecule has 0 aliphatic carbocycles. The minimum absolute atomic E-state index is 0.200. The van der Waals surface area contributed by atoms with Crippen LogP contribution in [0, 0.1) is 0 Å². The molecule has 0 aliphatic rings. The van der Waals surface area contributed by atoms with E-state index in [0.717, 1.165) is 5.56 Å². The summed E-state index contributed by atoms with van der Waals surface area (Å²) in [7, 11) is 0. The van der Waals surface area contributed by atoms with E-state index in [1.807, 2.05) is 0 Å². The standard InChI is InChI=1S/C16H14ClNO4/c17-12-2-1-3-14(9-12)22-13-6-4-11(5-7-13)8-15(16(20)21)18-10-19/h1-7,9-10,15H,8H2,(H,18,19)(H,20,21)/t15-/m0/s1. The second kappa shape index (κ2) is 7.47. The summed E-state index contributed by atoms with van der Waals surface area (Å²) >= 11 is 5.88. The van der Waals surface area contributed by atoms with Crippen LogP contribution in [-0.2, 0) is 16.0 Å². The highest BCUT2D eigenvalue weighted by atomic mass is 35.5. The number of amides is 1. The van der Waals surface area contributed by atoms with Crippen LogP contribution in [-0.4, -0.2) is 23.5 Å². The van der Waals surface area contributed by atoms with Crippen molar-refractivity contribution in [3.63, 3.8) is 0 Å². The van der Waals surface area contributed by atoms with Gasteiger partial charge in [-0.15, -0.1) is 0 Å². The van der Waals surface area contributed by atoms with Crippen LogP contribution in [0.25, 0.3) is 0 Å². The zero-order valence-corrected chi connectivity index (χ0v) is 12.3. The van der Waals surface area contributed by atoms with Crippen LogP contribution in [0.15, 0.2) is 48.5 Å². The van der Waals surface area contributed by atoms with Crippen LogP contribution in [0.2, 0.25) is 5.02 Å². The number of nitrogens with one attached hydrogen (secondary N) is 1. The number of benzene rings is 2. The lowest BCUT2D eigenvalue weighted by Crippen LogP contribution is -2.37. The Hall–Kier alpha value is -2.53. The van der Waals surface area contributed by atoms with Gasteiger partial charge in [-0.3, -0.25) is 4.79 Å². The van der Waals surface area contributed by atoms with Gasteiger partial charge in [-0.1, -0.05) is 29.8 Å². The lowest BCUT2D eigenvalue weighted by Gasteiger charge is -2.11. The molecule has 2 aromatic carbocycles. The summed E-state index contributed by atoms with van der Waals surface area (Å²) in [6, 6.07) is 13.0. The minimum atomic E-state index is -1.08. The van der Waals surface area contributed by atoms with E-state index in [1.165, 1.54) is 0 Å². The Morgan fingerprint density at radius 3 is 2.55 bits per heavy atom. The number of hydrogen-bond acceptors (Lipinski definition) is 3. The van der Waals surface area contributed by atoms with Crippen molar-refractivity contribution in [2.24, 2.45) is 0 Å². The molecule has 0 radical (unpaired) electrons. The number of aliphatic carboxylic acids is 1. The molecule has 0 spiro atoms. The van der Waals surface area contributed by atoms with Crippen molar-refractivity contribution < 1.29 is 19.4 Å². The lowest BCUT2D eigenvalue weighted by molar-refractivity contribution is -0.140. The molecule has 1 atom stereocenters. The van der Waals surface area contributed by atoms with Gasteiger partial charge in [0, 0.05) is 11.4 Å². The zero-order chi connectivity index (χ0) is 15.9. The van der Waals surface area contributed by atoms with Gasteiger partial charge in [0.25, 0.3) is 0 Å². The third-order valence-electron chi connectivity index (χ3n) is 2.96. The second-order valence-corrected chi connectivity index (χ2v) is 5.02. The first-order chi connectivity index (χ1) is 10.6. The van der Waals surface area contributed by atoms with Crippen molar-refractivity contribution in [1.29, 1.82) is 0 Å². The first-order valence-electron chi connectivity index (χ1n) is 6.53. The van der Waals surface area contributed by atoms with E-state index in [9.17, 15) is 9.59 Å². The van der Waals surface area contributed by atoms with Gasteiger partial charge in [-0.2, -0.15) is 0 Å². The molecular formula is C16H14ClNO4. The summed E-state index contributed by atoms with van der Waals surface area (Å²) in [4.78, 5) is 21.4. The fourth-order valence-electron chi connectivity index (χ4n) is 1.90. The third kappa shape index (κ3) is 4.49. The van der Waals surface area contributed by atoms with Crippen LogP contribution >= 0.6 is 11.6 Å². The van der Waals surface area contributed by atoms with E-state index in [1.54, 1.807) is 48.5 Å². The first kappa shape index (κ1) is 15.9. The average molecular weight is 320 g/mol. The molecular weight excluding hydrogens is 306 g/mol. The van der Waals surface area contributed by atoms with E-state index >= 15 is 0 Å². The van der Waals surface area contributed by atoms with Gasteiger partial charge in [0.1, 0.15) is 17.5 Å². The van der Waals surface area contributed by atoms with Crippen molar-refractivity contribution in [1.82, 2.24) is 5.32 Å². The van der Waals surface area contributed by atoms with Gasteiger partial charge in [-0.25, -0.2) is 4.79 Å². The summed E-state index contributed by atoms with van der Waals surface area (Å²) in [6.45, 7) is 0. The quantitative estimate of drug-likeness (QED) is 0.769. The van der Waals surface area contributed by atoms with Crippen LogP contribution < -0.4 is 10.1 Å². The lowest BCUT2D eigenvalue weighted by atomic mass is 10.1. The largest absolute Gasteiger partial charge is 0.480 e. The highest BCUT2D eigenvalue weighted by molar-refractivity contribution is 6.30. The van der Waals surface area contributed by atoms with Crippen LogP contribution in [0.5, 0.6) is 11.5 Å². The van der Waals surface area contributed by atoms with Gasteiger partial charge in [-0.05, 0) is 35.9 Å². The van der Waals surface area contributed by atoms with Crippen molar-refractivity contribution >= 4 is 24.0 Å². The summed E-state index contributed by atoms with van der Waals surface area (Å²) < 4.78 is 5.64. The van der Waals surface area contributed by atoms with Gasteiger partial charge in [0.15, 0.2) is 0 Å². The van der Waals surface area contributed by atoms with Crippen molar-refractivity contribution in [2.45, 2.75) is 12.5 Å². The highest BCUT2D eigenvalue weighted by Crippen LogP contribution is 2.24. The number of rotatable bonds is 7. The molecule has 6 heteroatoms. The first-order valence-corrected chi connectivity index (χ1v) is 6.91. The maximum Gasteiger partial charge on any atom is 0.326 e. The monoisotopic (exact) mass is 319 g/mol. The van der Waals surface area contributed by atoms with Crippen LogP contribution in [0.3, 0.4) is 0 Å². The SMILES string of the molecule is O=CN[C@@H](Cc1ccc(Oc2cccc(Cl)c2)cc1)C(=O)O. The second-order valence-electron chi connectivity index (χ2n) is 4.58. The van der Waals surface area contributed by atoms with Gasteiger partial charge in [0.05, 0.1) is 0 Å². The Labute approximate surface area is 132 Å². The topological polar surface area (TPSA) is 75.6 Å². The van der Waals surface area contributed by atoms with Gasteiger partial charge < -0.3 is 15.2 Å². The third-order valence-corrected chi connectivity index (χ3v) is 3.20. The number of carbonyl (C=O) groups excluding carboxylic acids is 1. The van der Waals surface area contributed by atoms with Crippen LogP contribution in [0.4, 0.5) is 0 Å². The molecule has 2 aromatic rings. The smallest absolute Gasteiger partial charge is 0.326 e. The molecule has 2 N–H and O–H groups in total. The summed E-state index contributed by atoms with van der Waals surface area (Å²) in [5, 5.41) is 11.8. The molecule has 1 amide bonds. The van der Waals surface area contributed by atoms with E-state index in [2.05, 4.69) is 5.32 Å². The Bertz CT molecular complexity index is 657. The molecule has 0 bridgehead atoms. The van der Waals surface area contributed by atoms with Gasteiger partial charge in [0.2, 0.25) is 6.41 Å². The molecule has 0 aromatic heterocycles. The van der Waals surface area contributed by atoms with Crippen molar-refractivity contribution in [3.05, 3.63) is 59.1 Å². The maximum absolute atomic E-state index is 11.0. The van der Waals surface area contributed by atoms with E-state index in [-0.39, 0.29) is 6.42 Å². The molecule has 5 nitrogen and oxygen atoms in total. The number of carboxylic acids is 1. The average Bonchev–Trinajstić information content (AvgIpc) is 2.48. The fraction of sp³-hybridized carbons (Fsp3) is 0.125. The summed E-state index contributed by atoms with van der Waals surface area (Å²) in [5.74, 6) is 0.152. The van der Waals surface area contributed by atoms with E-state index in [0.29, 0.717) is 22.9 Å². The predicted molar refractivity (Wildman–Crippen MR) is 82.3 cm³/mol. The number of halogens is 1. The molecule has 114 valence electrons. The van der Waals surface area contributed by atoms with E-state index in [4.69, 9.17) is 21.4 Å². The molecule has 0 saturated carbocycles. The van der Waals surface area contributed by atoms with Crippen LogP contribution in [0.1, 0.15) is 5.56 Å². The molecule has 0 heterocycles. The molecule has 0 fully saturated rings. The Morgan fingerprint density at radius 1 is 1.23 bits per heavy atom. The Morgan fingerprint density at radius 2 is 1.95 bits per heavy atom. The molecule has 2 rings (SSSR count). The van der Waals surface area contributed by atoms with Crippen molar-refractivity contribution in [2.75, 3.05) is 0 Å². The molecule has 0 unspecified atom stereocenters. The zero-order valence-electron chi connectivity index (χ0n) is 11.5. The normalized spacial score (nSPS) is 11.5. The Kier molecular flexibility index (Phi) is 5.38.